The average Bonchev–Trinajstić information content (AvgIpc) is 2.99. The van der Waals surface area contributed by atoms with Gasteiger partial charge in [-0.2, -0.15) is 0 Å². The predicted octanol–water partition coefficient (Wildman–Crippen LogP) is 1.80. The first-order valence-corrected chi connectivity index (χ1v) is 7.68. The zero-order valence-electron chi connectivity index (χ0n) is 12.9. The molecular formula is C16H23FN2O3. The van der Waals surface area contributed by atoms with Crippen LogP contribution in [0.3, 0.4) is 0 Å². The SMILES string of the molecule is CCOC[C@@H]1CCCN1C(=O)c1cc(F)ccc1OCCN. The van der Waals surface area contributed by atoms with Gasteiger partial charge in [0.1, 0.15) is 18.2 Å². The Morgan fingerprint density at radius 2 is 2.32 bits per heavy atom. The first kappa shape index (κ1) is 16.7. The molecule has 1 amide bonds. The van der Waals surface area contributed by atoms with E-state index >= 15 is 0 Å². The highest BCUT2D eigenvalue weighted by Crippen LogP contribution is 2.26. The van der Waals surface area contributed by atoms with Crippen LogP contribution in [-0.2, 0) is 4.74 Å². The normalized spacial score (nSPS) is 17.8. The molecule has 1 aromatic carbocycles. The van der Waals surface area contributed by atoms with Crippen molar-refractivity contribution in [3.8, 4) is 5.75 Å². The van der Waals surface area contributed by atoms with Crippen LogP contribution in [0.5, 0.6) is 5.75 Å². The summed E-state index contributed by atoms with van der Waals surface area (Å²) in [6.07, 6.45) is 1.83. The first-order valence-electron chi connectivity index (χ1n) is 7.68. The quantitative estimate of drug-likeness (QED) is 0.834. The van der Waals surface area contributed by atoms with Crippen molar-refractivity contribution in [2.75, 3.05) is 32.9 Å². The molecule has 1 saturated heterocycles. The van der Waals surface area contributed by atoms with Crippen LogP contribution in [0, 0.1) is 5.82 Å². The zero-order valence-corrected chi connectivity index (χ0v) is 12.9. The van der Waals surface area contributed by atoms with E-state index in [-0.39, 0.29) is 24.1 Å². The second-order valence-electron chi connectivity index (χ2n) is 5.23. The number of halogens is 1. The van der Waals surface area contributed by atoms with Crippen LogP contribution in [0.15, 0.2) is 18.2 Å². The summed E-state index contributed by atoms with van der Waals surface area (Å²) >= 11 is 0. The highest BCUT2D eigenvalue weighted by molar-refractivity contribution is 5.97. The number of hydrogen-bond donors (Lipinski definition) is 1. The van der Waals surface area contributed by atoms with Gasteiger partial charge in [0.15, 0.2) is 0 Å². The summed E-state index contributed by atoms with van der Waals surface area (Å²) in [5.41, 5.74) is 5.67. The number of carbonyl (C=O) groups is 1. The minimum Gasteiger partial charge on any atom is -0.491 e. The van der Waals surface area contributed by atoms with Gasteiger partial charge in [-0.25, -0.2) is 4.39 Å². The molecule has 6 heteroatoms. The van der Waals surface area contributed by atoms with Gasteiger partial charge in [0.2, 0.25) is 0 Å². The number of nitrogens with two attached hydrogens (primary N) is 1. The number of rotatable bonds is 7. The third-order valence-corrected chi connectivity index (χ3v) is 3.70. The van der Waals surface area contributed by atoms with Crippen molar-refractivity contribution in [2.45, 2.75) is 25.8 Å². The Morgan fingerprint density at radius 3 is 3.05 bits per heavy atom. The fourth-order valence-corrected chi connectivity index (χ4v) is 2.65. The van der Waals surface area contributed by atoms with Crippen LogP contribution >= 0.6 is 0 Å². The summed E-state index contributed by atoms with van der Waals surface area (Å²) < 4.78 is 24.4. The minimum absolute atomic E-state index is 0.0399. The minimum atomic E-state index is -0.455. The summed E-state index contributed by atoms with van der Waals surface area (Å²) in [7, 11) is 0. The molecule has 1 aliphatic heterocycles. The number of likely N-dealkylation sites (tertiary alicyclic amines) is 1. The average molecular weight is 310 g/mol. The maximum atomic E-state index is 13.5. The highest BCUT2D eigenvalue weighted by atomic mass is 19.1. The highest BCUT2D eigenvalue weighted by Gasteiger charge is 2.31. The Kier molecular flexibility index (Phi) is 6.15. The number of hydrogen-bond acceptors (Lipinski definition) is 4. The first-order chi connectivity index (χ1) is 10.7. The van der Waals surface area contributed by atoms with Gasteiger partial charge >= 0.3 is 0 Å². The maximum absolute atomic E-state index is 13.5. The van der Waals surface area contributed by atoms with Crippen LogP contribution in [0.2, 0.25) is 0 Å². The number of ether oxygens (including phenoxy) is 2. The van der Waals surface area contributed by atoms with E-state index in [2.05, 4.69) is 0 Å². The molecule has 2 N–H and O–H groups in total. The van der Waals surface area contributed by atoms with E-state index in [0.29, 0.717) is 32.1 Å². The van der Waals surface area contributed by atoms with Crippen LogP contribution in [0.25, 0.3) is 0 Å². The second-order valence-corrected chi connectivity index (χ2v) is 5.23. The van der Waals surface area contributed by atoms with E-state index in [9.17, 15) is 9.18 Å². The van der Waals surface area contributed by atoms with Gasteiger partial charge < -0.3 is 20.1 Å². The van der Waals surface area contributed by atoms with Crippen LogP contribution < -0.4 is 10.5 Å². The summed E-state index contributed by atoms with van der Waals surface area (Å²) in [5.74, 6) is -0.295. The van der Waals surface area contributed by atoms with Gasteiger partial charge in [-0.15, -0.1) is 0 Å². The Morgan fingerprint density at radius 1 is 1.50 bits per heavy atom. The molecule has 0 aromatic heterocycles. The molecule has 0 radical (unpaired) electrons. The van der Waals surface area contributed by atoms with Crippen molar-refractivity contribution < 1.29 is 18.7 Å². The van der Waals surface area contributed by atoms with Crippen molar-refractivity contribution >= 4 is 5.91 Å². The standard InChI is InChI=1S/C16H23FN2O3/c1-2-21-11-13-4-3-8-19(13)16(20)14-10-12(17)5-6-15(14)22-9-7-18/h5-6,10,13H,2-4,7-9,11,18H2,1H3/t13-/m0/s1. The number of carbonyl (C=O) groups excluding carboxylic acids is 1. The molecular weight excluding hydrogens is 287 g/mol. The molecule has 1 fully saturated rings. The van der Waals surface area contributed by atoms with E-state index < -0.39 is 5.82 Å². The van der Waals surface area contributed by atoms with E-state index in [1.54, 1.807) is 4.90 Å². The van der Waals surface area contributed by atoms with Crippen LogP contribution in [0.4, 0.5) is 4.39 Å². The van der Waals surface area contributed by atoms with Crippen LogP contribution in [0.1, 0.15) is 30.1 Å². The van der Waals surface area contributed by atoms with E-state index in [4.69, 9.17) is 15.2 Å². The van der Waals surface area contributed by atoms with Gasteiger partial charge in [0, 0.05) is 19.7 Å². The van der Waals surface area contributed by atoms with Crippen LogP contribution in [-0.4, -0.2) is 49.8 Å². The summed E-state index contributed by atoms with van der Waals surface area (Å²) in [6, 6.07) is 4.03. The lowest BCUT2D eigenvalue weighted by atomic mass is 10.1. The molecule has 1 heterocycles. The van der Waals surface area contributed by atoms with Crippen molar-refractivity contribution in [1.29, 1.82) is 0 Å². The lowest BCUT2D eigenvalue weighted by Crippen LogP contribution is -2.38. The largest absolute Gasteiger partial charge is 0.491 e. The molecule has 122 valence electrons. The molecule has 0 bridgehead atoms. The van der Waals surface area contributed by atoms with E-state index in [1.165, 1.54) is 18.2 Å². The molecule has 0 spiro atoms. The summed E-state index contributed by atoms with van der Waals surface area (Å²) in [5, 5.41) is 0. The number of benzene rings is 1. The van der Waals surface area contributed by atoms with Crippen molar-refractivity contribution in [2.24, 2.45) is 5.73 Å². The van der Waals surface area contributed by atoms with Crippen molar-refractivity contribution in [3.05, 3.63) is 29.6 Å². The van der Waals surface area contributed by atoms with E-state index in [1.807, 2.05) is 6.92 Å². The monoisotopic (exact) mass is 310 g/mol. The Bertz CT molecular complexity index is 510. The maximum Gasteiger partial charge on any atom is 0.258 e. The Labute approximate surface area is 130 Å². The topological polar surface area (TPSA) is 64.8 Å². The Balaban J connectivity index is 2.18. The Hall–Kier alpha value is -1.66. The van der Waals surface area contributed by atoms with E-state index in [0.717, 1.165) is 12.8 Å². The molecule has 0 aliphatic carbocycles. The molecule has 22 heavy (non-hydrogen) atoms. The number of amides is 1. The lowest BCUT2D eigenvalue weighted by Gasteiger charge is -2.25. The fraction of sp³-hybridized carbons (Fsp3) is 0.562. The van der Waals surface area contributed by atoms with Crippen molar-refractivity contribution in [1.82, 2.24) is 4.90 Å². The van der Waals surface area contributed by atoms with Gasteiger partial charge in [-0.3, -0.25) is 4.79 Å². The van der Waals surface area contributed by atoms with Crippen molar-refractivity contribution in [3.63, 3.8) is 0 Å². The lowest BCUT2D eigenvalue weighted by molar-refractivity contribution is 0.0560. The van der Waals surface area contributed by atoms with Gasteiger partial charge in [0.25, 0.3) is 5.91 Å². The summed E-state index contributed by atoms with van der Waals surface area (Å²) in [4.78, 5) is 14.5. The molecule has 0 unspecified atom stereocenters. The summed E-state index contributed by atoms with van der Waals surface area (Å²) in [6.45, 7) is 4.33. The molecule has 1 aromatic rings. The van der Waals surface area contributed by atoms with Gasteiger partial charge in [0.05, 0.1) is 18.2 Å². The fourth-order valence-electron chi connectivity index (χ4n) is 2.65. The van der Waals surface area contributed by atoms with Gasteiger partial charge in [-0.1, -0.05) is 0 Å². The third kappa shape index (κ3) is 3.96. The molecule has 1 atom stereocenters. The van der Waals surface area contributed by atoms with Gasteiger partial charge in [-0.05, 0) is 38.0 Å². The molecule has 2 rings (SSSR count). The zero-order chi connectivity index (χ0) is 15.9. The molecule has 0 saturated carbocycles. The predicted molar refractivity (Wildman–Crippen MR) is 81.5 cm³/mol. The third-order valence-electron chi connectivity index (χ3n) is 3.70. The second kappa shape index (κ2) is 8.10. The number of nitrogens with zero attached hydrogens (tertiary/aromatic N) is 1. The molecule has 1 aliphatic rings. The smallest absolute Gasteiger partial charge is 0.258 e. The molecule has 5 nitrogen and oxygen atoms in total.